The van der Waals surface area contributed by atoms with Crippen molar-refractivity contribution in [2.24, 2.45) is 5.73 Å². The normalized spacial score (nSPS) is 11.4. The molecule has 0 saturated heterocycles. The van der Waals surface area contributed by atoms with Crippen LogP contribution >= 0.6 is 0 Å². The van der Waals surface area contributed by atoms with Crippen molar-refractivity contribution < 1.29 is 23.1 Å². The van der Waals surface area contributed by atoms with Crippen LogP contribution in [0.25, 0.3) is 11.1 Å². The minimum atomic E-state index is -4.43. The van der Waals surface area contributed by atoms with Gasteiger partial charge in [-0.25, -0.2) is 4.79 Å². The third-order valence-corrected chi connectivity index (χ3v) is 3.07. The molecular weight excluding hydrogens is 283 g/mol. The number of alkyl halides is 3. The number of hydrogen-bond acceptors (Lipinski definition) is 2. The first kappa shape index (κ1) is 15.1. The highest BCUT2D eigenvalue weighted by molar-refractivity contribution is 5.89. The van der Waals surface area contributed by atoms with Crippen molar-refractivity contribution in [1.29, 1.82) is 0 Å². The fourth-order valence-corrected chi connectivity index (χ4v) is 2.04. The summed E-state index contributed by atoms with van der Waals surface area (Å²) in [5.74, 6) is -1.11. The predicted octanol–water partition coefficient (Wildman–Crippen LogP) is 3.53. The molecule has 0 radical (unpaired) electrons. The maximum absolute atomic E-state index is 12.7. The summed E-state index contributed by atoms with van der Waals surface area (Å²) in [5, 5.41) is 8.93. The first-order chi connectivity index (χ1) is 9.82. The summed E-state index contributed by atoms with van der Waals surface area (Å²) < 4.78 is 38.2. The second-order valence-electron chi connectivity index (χ2n) is 4.46. The lowest BCUT2D eigenvalue weighted by Gasteiger charge is -2.12. The van der Waals surface area contributed by atoms with Gasteiger partial charge in [0.2, 0.25) is 0 Å². The number of carbonyl (C=O) groups is 1. The molecule has 0 saturated carbocycles. The van der Waals surface area contributed by atoms with Gasteiger partial charge in [0.05, 0.1) is 11.1 Å². The van der Waals surface area contributed by atoms with Crippen LogP contribution in [0.15, 0.2) is 42.5 Å². The standard InChI is InChI=1S/C15H12F3NO2/c16-15(17,18)12-3-1-2-9(7-12)13-5-4-10(14(20)21)6-11(13)8-19/h1-7H,8,19H2,(H,20,21). The summed E-state index contributed by atoms with van der Waals surface area (Å²) in [5.41, 5.74) is 6.18. The molecule has 0 aliphatic carbocycles. The number of nitrogens with two attached hydrogens (primary N) is 1. The van der Waals surface area contributed by atoms with E-state index in [2.05, 4.69) is 0 Å². The van der Waals surface area contributed by atoms with Gasteiger partial charge in [-0.2, -0.15) is 13.2 Å². The lowest BCUT2D eigenvalue weighted by Crippen LogP contribution is -2.06. The van der Waals surface area contributed by atoms with Crippen molar-refractivity contribution >= 4 is 5.97 Å². The van der Waals surface area contributed by atoms with E-state index in [0.717, 1.165) is 12.1 Å². The number of carboxylic acid groups (broad SMARTS) is 1. The summed E-state index contributed by atoms with van der Waals surface area (Å²) in [6.07, 6.45) is -4.43. The van der Waals surface area contributed by atoms with Gasteiger partial charge in [0.15, 0.2) is 0 Å². The third kappa shape index (κ3) is 3.22. The minimum Gasteiger partial charge on any atom is -0.478 e. The molecule has 0 aliphatic heterocycles. The Bertz CT molecular complexity index is 681. The van der Waals surface area contributed by atoms with Crippen molar-refractivity contribution in [3.8, 4) is 11.1 Å². The Balaban J connectivity index is 2.54. The number of carboxylic acids is 1. The van der Waals surface area contributed by atoms with E-state index >= 15 is 0 Å². The largest absolute Gasteiger partial charge is 0.478 e. The van der Waals surface area contributed by atoms with Gasteiger partial charge >= 0.3 is 12.1 Å². The van der Waals surface area contributed by atoms with Gasteiger partial charge in [-0.1, -0.05) is 18.2 Å². The molecule has 0 aromatic heterocycles. The Morgan fingerprint density at radius 1 is 1.14 bits per heavy atom. The lowest BCUT2D eigenvalue weighted by molar-refractivity contribution is -0.137. The molecule has 0 aliphatic rings. The van der Waals surface area contributed by atoms with Crippen LogP contribution in [0.4, 0.5) is 13.2 Å². The van der Waals surface area contributed by atoms with Crippen molar-refractivity contribution in [1.82, 2.24) is 0 Å². The molecule has 0 amide bonds. The van der Waals surface area contributed by atoms with E-state index in [1.54, 1.807) is 0 Å². The van der Waals surface area contributed by atoms with Crippen LogP contribution in [0.3, 0.4) is 0 Å². The molecule has 3 N–H and O–H groups in total. The number of halogens is 3. The van der Waals surface area contributed by atoms with E-state index in [9.17, 15) is 18.0 Å². The Morgan fingerprint density at radius 2 is 1.86 bits per heavy atom. The smallest absolute Gasteiger partial charge is 0.416 e. The quantitative estimate of drug-likeness (QED) is 0.910. The summed E-state index contributed by atoms with van der Waals surface area (Å²) >= 11 is 0. The number of rotatable bonds is 3. The average Bonchev–Trinajstić information content (AvgIpc) is 2.45. The highest BCUT2D eigenvalue weighted by atomic mass is 19.4. The highest BCUT2D eigenvalue weighted by Gasteiger charge is 2.30. The number of benzene rings is 2. The summed E-state index contributed by atoms with van der Waals surface area (Å²) in [6, 6.07) is 9.04. The van der Waals surface area contributed by atoms with Crippen LogP contribution in [0.5, 0.6) is 0 Å². The molecule has 0 unspecified atom stereocenters. The second kappa shape index (κ2) is 5.57. The molecule has 2 aromatic rings. The van der Waals surface area contributed by atoms with Crippen LogP contribution in [-0.4, -0.2) is 11.1 Å². The molecule has 0 bridgehead atoms. The van der Waals surface area contributed by atoms with Crippen LogP contribution in [0.2, 0.25) is 0 Å². The summed E-state index contributed by atoms with van der Waals surface area (Å²) in [4.78, 5) is 10.9. The van der Waals surface area contributed by atoms with E-state index in [-0.39, 0.29) is 12.1 Å². The molecule has 110 valence electrons. The van der Waals surface area contributed by atoms with Crippen LogP contribution < -0.4 is 5.73 Å². The Labute approximate surface area is 118 Å². The Morgan fingerprint density at radius 3 is 2.43 bits per heavy atom. The summed E-state index contributed by atoms with van der Waals surface area (Å²) in [7, 11) is 0. The van der Waals surface area contributed by atoms with Crippen molar-refractivity contribution in [2.45, 2.75) is 12.7 Å². The molecule has 6 heteroatoms. The predicted molar refractivity (Wildman–Crippen MR) is 71.7 cm³/mol. The zero-order valence-corrected chi connectivity index (χ0v) is 10.8. The van der Waals surface area contributed by atoms with Crippen LogP contribution in [0, 0.1) is 0 Å². The van der Waals surface area contributed by atoms with E-state index in [1.165, 1.54) is 30.3 Å². The average molecular weight is 295 g/mol. The SMILES string of the molecule is NCc1cc(C(=O)O)ccc1-c1cccc(C(F)(F)F)c1. The van der Waals surface area contributed by atoms with Gasteiger partial charge < -0.3 is 10.8 Å². The van der Waals surface area contributed by atoms with Gasteiger partial charge in [-0.3, -0.25) is 0 Å². The van der Waals surface area contributed by atoms with Gasteiger partial charge in [-0.05, 0) is 41.0 Å². The first-order valence-electron chi connectivity index (χ1n) is 6.07. The molecule has 21 heavy (non-hydrogen) atoms. The van der Waals surface area contributed by atoms with E-state index < -0.39 is 17.7 Å². The van der Waals surface area contributed by atoms with E-state index in [4.69, 9.17) is 10.8 Å². The lowest BCUT2D eigenvalue weighted by atomic mass is 9.96. The Hall–Kier alpha value is -2.34. The van der Waals surface area contributed by atoms with Crippen molar-refractivity contribution in [3.63, 3.8) is 0 Å². The molecule has 0 fully saturated rings. The van der Waals surface area contributed by atoms with E-state index in [0.29, 0.717) is 16.7 Å². The maximum atomic E-state index is 12.7. The third-order valence-electron chi connectivity index (χ3n) is 3.07. The van der Waals surface area contributed by atoms with Crippen LogP contribution in [-0.2, 0) is 12.7 Å². The number of aromatic carboxylic acids is 1. The van der Waals surface area contributed by atoms with Gasteiger partial charge in [0.1, 0.15) is 0 Å². The topological polar surface area (TPSA) is 63.3 Å². The van der Waals surface area contributed by atoms with Crippen molar-refractivity contribution in [2.75, 3.05) is 0 Å². The fraction of sp³-hybridized carbons (Fsp3) is 0.133. The van der Waals surface area contributed by atoms with Gasteiger partial charge in [0.25, 0.3) is 0 Å². The highest BCUT2D eigenvalue weighted by Crippen LogP contribution is 2.33. The maximum Gasteiger partial charge on any atom is 0.416 e. The van der Waals surface area contributed by atoms with E-state index in [1.807, 2.05) is 0 Å². The molecular formula is C15H12F3NO2. The van der Waals surface area contributed by atoms with Gasteiger partial charge in [-0.15, -0.1) is 0 Å². The fourth-order valence-electron chi connectivity index (χ4n) is 2.04. The monoisotopic (exact) mass is 295 g/mol. The molecule has 0 spiro atoms. The summed E-state index contributed by atoms with van der Waals surface area (Å²) in [6.45, 7) is 0.0344. The minimum absolute atomic E-state index is 0.0344. The molecule has 2 aromatic carbocycles. The van der Waals surface area contributed by atoms with Gasteiger partial charge in [0, 0.05) is 6.54 Å². The Kier molecular flexibility index (Phi) is 3.99. The molecule has 0 heterocycles. The zero-order chi connectivity index (χ0) is 15.6. The molecule has 3 nitrogen and oxygen atoms in total. The van der Waals surface area contributed by atoms with Crippen LogP contribution in [0.1, 0.15) is 21.5 Å². The number of hydrogen-bond donors (Lipinski definition) is 2. The second-order valence-corrected chi connectivity index (χ2v) is 4.46. The zero-order valence-electron chi connectivity index (χ0n) is 10.8. The van der Waals surface area contributed by atoms with Crippen molar-refractivity contribution in [3.05, 3.63) is 59.2 Å². The molecule has 2 rings (SSSR count). The molecule has 0 atom stereocenters. The first-order valence-corrected chi connectivity index (χ1v) is 6.07.